The van der Waals surface area contributed by atoms with Crippen LogP contribution in [0.5, 0.6) is 0 Å². The molecule has 2 nitrogen and oxygen atoms in total. The molecule has 2 rings (SSSR count). The van der Waals surface area contributed by atoms with Crippen molar-refractivity contribution < 1.29 is 13.6 Å². The molecule has 88 valence electrons. The van der Waals surface area contributed by atoms with Crippen molar-refractivity contribution in [1.29, 1.82) is 0 Å². The van der Waals surface area contributed by atoms with E-state index < -0.39 is 5.82 Å². The molecule has 3 heteroatoms. The molecule has 0 fully saturated rings. The van der Waals surface area contributed by atoms with Crippen molar-refractivity contribution in [3.8, 4) is 0 Å². The summed E-state index contributed by atoms with van der Waals surface area (Å²) in [4.78, 5) is 12.1. The average Bonchev–Trinajstić information content (AvgIpc) is 2.63. The number of halogens is 1. The summed E-state index contributed by atoms with van der Waals surface area (Å²) in [6, 6.07) is 4.78. The van der Waals surface area contributed by atoms with Gasteiger partial charge in [-0.15, -0.1) is 0 Å². The van der Waals surface area contributed by atoms with Crippen LogP contribution in [0.2, 0.25) is 0 Å². The molecule has 0 N–H and O–H groups in total. The SMILES string of the molecule is Cc1cc(C)c(C(=O)c2coc(C)c2)c(F)c1. The molecule has 0 saturated heterocycles. The van der Waals surface area contributed by atoms with Gasteiger partial charge in [0.1, 0.15) is 17.8 Å². The summed E-state index contributed by atoms with van der Waals surface area (Å²) in [5.41, 5.74) is 1.95. The fourth-order valence-electron chi connectivity index (χ4n) is 1.91. The van der Waals surface area contributed by atoms with Gasteiger partial charge in [0.15, 0.2) is 5.78 Å². The van der Waals surface area contributed by atoms with E-state index in [0.29, 0.717) is 16.9 Å². The predicted molar refractivity (Wildman–Crippen MR) is 62.8 cm³/mol. The van der Waals surface area contributed by atoms with Crippen LogP contribution in [0.4, 0.5) is 4.39 Å². The molecule has 0 amide bonds. The number of benzene rings is 1. The highest BCUT2D eigenvalue weighted by molar-refractivity contribution is 6.10. The van der Waals surface area contributed by atoms with Crippen molar-refractivity contribution in [3.63, 3.8) is 0 Å². The standard InChI is InChI=1S/C14H13FO2/c1-8-4-9(2)13(12(15)5-8)14(16)11-6-10(3)17-7-11/h4-7H,1-3H3. The molecule has 0 bridgehead atoms. The van der Waals surface area contributed by atoms with E-state index in [1.807, 2.05) is 0 Å². The van der Waals surface area contributed by atoms with E-state index in [2.05, 4.69) is 0 Å². The zero-order chi connectivity index (χ0) is 12.6. The quantitative estimate of drug-likeness (QED) is 0.741. The van der Waals surface area contributed by atoms with Gasteiger partial charge in [0.2, 0.25) is 0 Å². The summed E-state index contributed by atoms with van der Waals surface area (Å²) in [7, 11) is 0. The van der Waals surface area contributed by atoms with E-state index in [0.717, 1.165) is 5.56 Å². The van der Waals surface area contributed by atoms with Gasteiger partial charge in [-0.1, -0.05) is 6.07 Å². The number of carbonyl (C=O) groups excluding carboxylic acids is 1. The average molecular weight is 232 g/mol. The Bertz CT molecular complexity index is 559. The monoisotopic (exact) mass is 232 g/mol. The van der Waals surface area contributed by atoms with E-state index >= 15 is 0 Å². The van der Waals surface area contributed by atoms with Crippen LogP contribution in [-0.4, -0.2) is 5.78 Å². The fourth-order valence-corrected chi connectivity index (χ4v) is 1.91. The summed E-state index contributed by atoms with van der Waals surface area (Å²) in [5, 5.41) is 0. The summed E-state index contributed by atoms with van der Waals surface area (Å²) in [5.74, 6) is -0.179. The van der Waals surface area contributed by atoms with Crippen LogP contribution in [0.3, 0.4) is 0 Å². The van der Waals surface area contributed by atoms with Crippen molar-refractivity contribution in [3.05, 3.63) is 58.3 Å². The van der Waals surface area contributed by atoms with Crippen LogP contribution in [0.1, 0.15) is 32.8 Å². The Morgan fingerprint density at radius 1 is 1.18 bits per heavy atom. The Kier molecular flexibility index (Phi) is 2.84. The first kappa shape index (κ1) is 11.6. The maximum absolute atomic E-state index is 13.8. The van der Waals surface area contributed by atoms with E-state index in [-0.39, 0.29) is 11.3 Å². The molecule has 1 aromatic heterocycles. The van der Waals surface area contributed by atoms with Crippen molar-refractivity contribution in [2.24, 2.45) is 0 Å². The number of hydrogen-bond donors (Lipinski definition) is 0. The zero-order valence-electron chi connectivity index (χ0n) is 10.0. The van der Waals surface area contributed by atoms with Gasteiger partial charge in [0.25, 0.3) is 0 Å². The van der Waals surface area contributed by atoms with Crippen molar-refractivity contribution in [2.75, 3.05) is 0 Å². The van der Waals surface area contributed by atoms with Crippen molar-refractivity contribution in [1.82, 2.24) is 0 Å². The molecule has 0 unspecified atom stereocenters. The molecule has 0 aliphatic carbocycles. The summed E-state index contributed by atoms with van der Waals surface area (Å²) in [6.07, 6.45) is 1.36. The Hall–Kier alpha value is -1.90. The molecule has 0 saturated carbocycles. The fraction of sp³-hybridized carbons (Fsp3) is 0.214. The number of hydrogen-bond acceptors (Lipinski definition) is 2. The Morgan fingerprint density at radius 2 is 1.88 bits per heavy atom. The number of carbonyl (C=O) groups is 1. The summed E-state index contributed by atoms with van der Waals surface area (Å²) < 4.78 is 18.9. The first-order chi connectivity index (χ1) is 7.99. The molecule has 17 heavy (non-hydrogen) atoms. The smallest absolute Gasteiger partial charge is 0.199 e. The maximum atomic E-state index is 13.8. The van der Waals surface area contributed by atoms with Gasteiger partial charge in [0, 0.05) is 0 Å². The number of rotatable bonds is 2. The molecule has 2 aromatic rings. The maximum Gasteiger partial charge on any atom is 0.199 e. The third-order valence-corrected chi connectivity index (χ3v) is 2.65. The van der Waals surface area contributed by atoms with Gasteiger partial charge in [-0.25, -0.2) is 4.39 Å². The largest absolute Gasteiger partial charge is 0.469 e. The third kappa shape index (κ3) is 2.13. The second-order valence-electron chi connectivity index (χ2n) is 4.21. The molecule has 0 atom stereocenters. The van der Waals surface area contributed by atoms with Gasteiger partial charge < -0.3 is 4.42 Å². The Labute approximate surface area is 99.1 Å². The molecule has 0 aliphatic heterocycles. The minimum Gasteiger partial charge on any atom is -0.469 e. The van der Waals surface area contributed by atoms with Crippen LogP contribution in [0, 0.1) is 26.6 Å². The van der Waals surface area contributed by atoms with E-state index in [9.17, 15) is 9.18 Å². The van der Waals surface area contributed by atoms with Crippen LogP contribution in [0.15, 0.2) is 28.9 Å². The number of furan rings is 1. The first-order valence-corrected chi connectivity index (χ1v) is 5.35. The Morgan fingerprint density at radius 3 is 2.41 bits per heavy atom. The van der Waals surface area contributed by atoms with Gasteiger partial charge in [-0.2, -0.15) is 0 Å². The van der Waals surface area contributed by atoms with Gasteiger partial charge in [-0.3, -0.25) is 4.79 Å². The van der Waals surface area contributed by atoms with Crippen LogP contribution >= 0.6 is 0 Å². The topological polar surface area (TPSA) is 30.2 Å². The van der Waals surface area contributed by atoms with E-state index in [4.69, 9.17) is 4.42 Å². The van der Waals surface area contributed by atoms with Crippen LogP contribution in [-0.2, 0) is 0 Å². The van der Waals surface area contributed by atoms with E-state index in [1.54, 1.807) is 32.9 Å². The molecule has 0 aliphatic rings. The van der Waals surface area contributed by atoms with Crippen LogP contribution < -0.4 is 0 Å². The highest BCUT2D eigenvalue weighted by Gasteiger charge is 2.18. The van der Waals surface area contributed by atoms with Crippen molar-refractivity contribution in [2.45, 2.75) is 20.8 Å². The van der Waals surface area contributed by atoms with Crippen molar-refractivity contribution >= 4 is 5.78 Å². The van der Waals surface area contributed by atoms with E-state index in [1.165, 1.54) is 12.3 Å². The summed E-state index contributed by atoms with van der Waals surface area (Å²) >= 11 is 0. The second kappa shape index (κ2) is 4.17. The normalized spacial score (nSPS) is 10.6. The number of ketones is 1. The van der Waals surface area contributed by atoms with Crippen LogP contribution in [0.25, 0.3) is 0 Å². The Balaban J connectivity index is 2.51. The molecular formula is C14H13FO2. The lowest BCUT2D eigenvalue weighted by atomic mass is 9.98. The lowest BCUT2D eigenvalue weighted by Crippen LogP contribution is -2.06. The second-order valence-corrected chi connectivity index (χ2v) is 4.21. The molecular weight excluding hydrogens is 219 g/mol. The molecule has 1 heterocycles. The van der Waals surface area contributed by atoms with Gasteiger partial charge >= 0.3 is 0 Å². The minimum absolute atomic E-state index is 0.122. The molecule has 0 spiro atoms. The highest BCUT2D eigenvalue weighted by Crippen LogP contribution is 2.20. The predicted octanol–water partition coefficient (Wildman–Crippen LogP) is 3.57. The first-order valence-electron chi connectivity index (χ1n) is 5.35. The highest BCUT2D eigenvalue weighted by atomic mass is 19.1. The van der Waals surface area contributed by atoms with Gasteiger partial charge in [0.05, 0.1) is 11.1 Å². The summed E-state index contributed by atoms with van der Waals surface area (Å²) in [6.45, 7) is 5.28. The van der Waals surface area contributed by atoms with Gasteiger partial charge in [-0.05, 0) is 44.0 Å². The lowest BCUT2D eigenvalue weighted by Gasteiger charge is -2.06. The minimum atomic E-state index is -0.480. The number of aryl methyl sites for hydroxylation is 3. The molecule has 0 radical (unpaired) electrons. The lowest BCUT2D eigenvalue weighted by molar-refractivity contribution is 0.103. The zero-order valence-corrected chi connectivity index (χ0v) is 10.0. The molecule has 1 aromatic carbocycles. The third-order valence-electron chi connectivity index (χ3n) is 2.65.